The molecule has 0 saturated carbocycles. The van der Waals surface area contributed by atoms with Crippen molar-refractivity contribution in [1.29, 1.82) is 0 Å². The van der Waals surface area contributed by atoms with Crippen molar-refractivity contribution in [2.45, 2.75) is 0 Å². The molecule has 2 aromatic heterocycles. The summed E-state index contributed by atoms with van der Waals surface area (Å²) in [5.41, 5.74) is 12.1. The Kier molecular flexibility index (Phi) is 7.39. The number of nitrogens with zero attached hydrogens (tertiary/aromatic N) is 1. The third-order valence-corrected chi connectivity index (χ3v) is 12.1. The van der Waals surface area contributed by atoms with Gasteiger partial charge in [0.15, 0.2) is 0 Å². The zero-order chi connectivity index (χ0) is 36.3. The highest BCUT2D eigenvalue weighted by Crippen LogP contribution is 2.48. The van der Waals surface area contributed by atoms with Crippen LogP contribution in [0.2, 0.25) is 0 Å². The summed E-state index contributed by atoms with van der Waals surface area (Å²) in [5.74, 6) is 0. The molecule has 9 aromatic carbocycles. The van der Waals surface area contributed by atoms with Gasteiger partial charge in [0.05, 0.1) is 5.69 Å². The van der Waals surface area contributed by atoms with Crippen LogP contribution >= 0.6 is 11.3 Å². The van der Waals surface area contributed by atoms with E-state index in [1.807, 2.05) is 11.3 Å². The van der Waals surface area contributed by atoms with Gasteiger partial charge in [-0.25, -0.2) is 0 Å². The molecular weight excluding hydrogens is 687 g/mol. The first-order valence-corrected chi connectivity index (χ1v) is 19.5. The second-order valence-corrected chi connectivity index (χ2v) is 15.1. The van der Waals surface area contributed by atoms with Gasteiger partial charge in [-0.2, -0.15) is 0 Å². The Bertz CT molecular complexity index is 3180. The van der Waals surface area contributed by atoms with Crippen molar-refractivity contribution in [2.75, 3.05) is 4.90 Å². The third kappa shape index (κ3) is 5.32. The molecule has 0 saturated heterocycles. The van der Waals surface area contributed by atoms with Crippen LogP contribution in [0, 0.1) is 0 Å². The Morgan fingerprint density at radius 1 is 0.400 bits per heavy atom. The topological polar surface area (TPSA) is 16.4 Å². The lowest BCUT2D eigenvalue weighted by Gasteiger charge is -2.28. The van der Waals surface area contributed by atoms with Crippen LogP contribution in [0.25, 0.3) is 86.3 Å². The van der Waals surface area contributed by atoms with Crippen molar-refractivity contribution in [3.8, 4) is 33.4 Å². The van der Waals surface area contributed by atoms with Crippen LogP contribution in [-0.2, 0) is 0 Å². The quantitative estimate of drug-likeness (QED) is 0.170. The highest BCUT2D eigenvalue weighted by atomic mass is 32.1. The predicted molar refractivity (Wildman–Crippen MR) is 235 cm³/mol. The summed E-state index contributed by atoms with van der Waals surface area (Å²) < 4.78 is 9.27. The van der Waals surface area contributed by atoms with E-state index in [-0.39, 0.29) is 0 Å². The zero-order valence-electron chi connectivity index (χ0n) is 29.8. The first-order valence-electron chi connectivity index (χ1n) is 18.7. The highest BCUT2D eigenvalue weighted by Gasteiger charge is 2.23. The molecule has 0 aliphatic heterocycles. The van der Waals surface area contributed by atoms with E-state index in [1.165, 1.54) is 53.2 Å². The van der Waals surface area contributed by atoms with Gasteiger partial charge >= 0.3 is 0 Å². The number of rotatable bonds is 6. The molecule has 258 valence electrons. The lowest BCUT2D eigenvalue weighted by Crippen LogP contribution is -2.11. The summed E-state index contributed by atoms with van der Waals surface area (Å²) in [6.45, 7) is 0. The number of hydrogen-bond acceptors (Lipinski definition) is 3. The number of thiophene rings is 1. The van der Waals surface area contributed by atoms with Crippen molar-refractivity contribution in [3.63, 3.8) is 0 Å². The van der Waals surface area contributed by atoms with Crippen molar-refractivity contribution in [2.24, 2.45) is 0 Å². The molecule has 2 nitrogen and oxygen atoms in total. The zero-order valence-corrected chi connectivity index (χ0v) is 30.6. The normalized spacial score (nSPS) is 11.6. The van der Waals surface area contributed by atoms with Gasteiger partial charge < -0.3 is 9.32 Å². The second kappa shape index (κ2) is 12.9. The fraction of sp³-hybridized carbons (Fsp3) is 0. The number of furan rings is 1. The predicted octanol–water partition coefficient (Wildman–Crippen LogP) is 15.6. The van der Waals surface area contributed by atoms with Crippen LogP contribution in [0.1, 0.15) is 0 Å². The summed E-state index contributed by atoms with van der Waals surface area (Å²) >= 11 is 1.87. The molecular formula is C52H33NOS. The lowest BCUT2D eigenvalue weighted by molar-refractivity contribution is 0.669. The van der Waals surface area contributed by atoms with E-state index in [1.54, 1.807) is 0 Å². The molecule has 55 heavy (non-hydrogen) atoms. The molecule has 11 aromatic rings. The molecule has 0 N–H and O–H groups in total. The summed E-state index contributed by atoms with van der Waals surface area (Å²) in [6, 6.07) is 72.1. The van der Waals surface area contributed by atoms with E-state index in [0.29, 0.717) is 0 Å². The summed E-state index contributed by atoms with van der Waals surface area (Å²) in [5, 5.41) is 7.21. The molecule has 2 heterocycles. The molecule has 3 heteroatoms. The van der Waals surface area contributed by atoms with Crippen LogP contribution in [0.3, 0.4) is 0 Å². The van der Waals surface area contributed by atoms with Crippen LogP contribution in [-0.4, -0.2) is 0 Å². The van der Waals surface area contributed by atoms with Gasteiger partial charge in [0.1, 0.15) is 11.2 Å². The molecule has 11 rings (SSSR count). The summed E-state index contributed by atoms with van der Waals surface area (Å²) in [6.07, 6.45) is 0. The van der Waals surface area contributed by atoms with Crippen LogP contribution in [0.4, 0.5) is 17.1 Å². The first kappa shape index (κ1) is 31.6. The summed E-state index contributed by atoms with van der Waals surface area (Å²) in [7, 11) is 0. The van der Waals surface area contributed by atoms with E-state index < -0.39 is 0 Å². The van der Waals surface area contributed by atoms with Crippen LogP contribution in [0.5, 0.6) is 0 Å². The first-order chi connectivity index (χ1) is 27.3. The monoisotopic (exact) mass is 719 g/mol. The Morgan fingerprint density at radius 2 is 1.00 bits per heavy atom. The number of fused-ring (bicyclic) bond motifs is 7. The standard InChI is InChI=1S/C52H33NOS/c1-3-12-34(13-4-1)35-22-26-40(27-23-35)53(41-28-24-36(25-29-41)42-19-11-20-44-43-18-9-10-21-49(43)55-52(42)44)46-30-31-47-51(50(46)37-14-5-2-6-15-37)45-32-38-16-7-8-17-39(38)33-48(45)54-47/h1-33H. The van der Waals surface area contributed by atoms with E-state index in [0.717, 1.165) is 50.1 Å². The Morgan fingerprint density at radius 3 is 1.75 bits per heavy atom. The second-order valence-electron chi connectivity index (χ2n) is 14.1. The molecule has 0 aliphatic carbocycles. The van der Waals surface area contributed by atoms with E-state index >= 15 is 0 Å². The summed E-state index contributed by atoms with van der Waals surface area (Å²) in [4.78, 5) is 2.40. The molecule has 0 amide bonds. The van der Waals surface area contributed by atoms with Crippen LogP contribution < -0.4 is 4.90 Å². The van der Waals surface area contributed by atoms with E-state index in [2.05, 4.69) is 205 Å². The fourth-order valence-electron chi connectivity index (χ4n) is 8.25. The molecule has 0 spiro atoms. The maximum atomic E-state index is 6.64. The third-order valence-electron chi connectivity index (χ3n) is 10.9. The van der Waals surface area contributed by atoms with Gasteiger partial charge in [0, 0.05) is 47.9 Å². The molecule has 0 unspecified atom stereocenters. The van der Waals surface area contributed by atoms with Crippen molar-refractivity contribution in [1.82, 2.24) is 0 Å². The number of anilines is 3. The fourth-order valence-corrected chi connectivity index (χ4v) is 9.49. The maximum Gasteiger partial charge on any atom is 0.136 e. The van der Waals surface area contributed by atoms with E-state index in [4.69, 9.17) is 4.42 Å². The minimum absolute atomic E-state index is 0.874. The van der Waals surface area contributed by atoms with E-state index in [9.17, 15) is 0 Å². The minimum Gasteiger partial charge on any atom is -0.456 e. The van der Waals surface area contributed by atoms with Crippen molar-refractivity contribution < 1.29 is 4.42 Å². The maximum absolute atomic E-state index is 6.64. The Balaban J connectivity index is 1.13. The SMILES string of the molecule is c1ccc(-c2ccc(N(c3ccc(-c4cccc5c4sc4ccccc45)cc3)c3ccc4oc5cc6ccccc6cc5c4c3-c3ccccc3)cc2)cc1. The minimum atomic E-state index is 0.874. The van der Waals surface area contributed by atoms with Gasteiger partial charge in [-0.15, -0.1) is 11.3 Å². The number of benzene rings is 9. The van der Waals surface area contributed by atoms with Gasteiger partial charge in [-0.1, -0.05) is 146 Å². The van der Waals surface area contributed by atoms with Crippen molar-refractivity contribution in [3.05, 3.63) is 200 Å². The number of hydrogen-bond donors (Lipinski definition) is 0. The average Bonchev–Trinajstić information content (AvgIpc) is 3.82. The average molecular weight is 720 g/mol. The molecule has 0 radical (unpaired) electrons. The highest BCUT2D eigenvalue weighted by molar-refractivity contribution is 7.26. The Labute approximate surface area is 322 Å². The lowest BCUT2D eigenvalue weighted by atomic mass is 9.95. The molecule has 0 bridgehead atoms. The molecule has 0 fully saturated rings. The molecule has 0 aliphatic rings. The van der Waals surface area contributed by atoms with Gasteiger partial charge in [0.25, 0.3) is 0 Å². The Hall–Kier alpha value is -6.94. The van der Waals surface area contributed by atoms with Gasteiger partial charge in [-0.3, -0.25) is 0 Å². The van der Waals surface area contributed by atoms with Gasteiger partial charge in [-0.05, 0) is 93.2 Å². The van der Waals surface area contributed by atoms with Gasteiger partial charge in [0.2, 0.25) is 0 Å². The molecule has 0 atom stereocenters. The van der Waals surface area contributed by atoms with Crippen molar-refractivity contribution >= 4 is 81.3 Å². The smallest absolute Gasteiger partial charge is 0.136 e. The largest absolute Gasteiger partial charge is 0.456 e. The van der Waals surface area contributed by atoms with Crippen LogP contribution in [0.15, 0.2) is 205 Å².